The van der Waals surface area contributed by atoms with Crippen molar-refractivity contribution in [1.29, 1.82) is 0 Å². The average Bonchev–Trinajstić information content (AvgIpc) is 3.39. The summed E-state index contributed by atoms with van der Waals surface area (Å²) in [7, 11) is 1.58. The summed E-state index contributed by atoms with van der Waals surface area (Å²) in [6, 6.07) is 11.0. The van der Waals surface area contributed by atoms with E-state index in [0.29, 0.717) is 60.0 Å². The minimum atomic E-state index is -1.11. The highest BCUT2D eigenvalue weighted by molar-refractivity contribution is 6.00. The minimum absolute atomic E-state index is 0.0702. The van der Waals surface area contributed by atoms with Gasteiger partial charge in [-0.1, -0.05) is 32.9 Å². The van der Waals surface area contributed by atoms with E-state index >= 15 is 0 Å². The van der Waals surface area contributed by atoms with E-state index in [4.69, 9.17) is 18.9 Å². The van der Waals surface area contributed by atoms with E-state index < -0.39 is 24.1 Å². The van der Waals surface area contributed by atoms with Gasteiger partial charge < -0.3 is 33.9 Å². The molecule has 2 aromatic rings. The number of ether oxygens (including phenoxy) is 4. The van der Waals surface area contributed by atoms with Crippen molar-refractivity contribution in [3.05, 3.63) is 47.5 Å². The minimum Gasteiger partial charge on any atom is -0.497 e. The number of benzene rings is 2. The second kappa shape index (κ2) is 11.0. The predicted octanol–water partition coefficient (Wildman–Crippen LogP) is 4.00. The number of fused-ring (bicyclic) bond motifs is 2. The number of hydrogen-bond donors (Lipinski definition) is 1. The van der Waals surface area contributed by atoms with Crippen molar-refractivity contribution in [2.75, 3.05) is 38.4 Å². The first kappa shape index (κ1) is 27.8. The molecule has 2 amide bonds. The maximum Gasteiger partial charge on any atom is 0.308 e. The average molecular weight is 553 g/mol. The first-order valence-electron chi connectivity index (χ1n) is 13.6. The zero-order chi connectivity index (χ0) is 28.6. The predicted molar refractivity (Wildman–Crippen MR) is 146 cm³/mol. The summed E-state index contributed by atoms with van der Waals surface area (Å²) in [6.07, 6.45) is -0.958. The molecular formula is C30H36N2O8. The van der Waals surface area contributed by atoms with Crippen LogP contribution in [0.2, 0.25) is 0 Å². The molecule has 0 bridgehead atoms. The van der Waals surface area contributed by atoms with Crippen molar-refractivity contribution >= 4 is 23.5 Å². The molecule has 0 spiro atoms. The monoisotopic (exact) mass is 552 g/mol. The molecule has 5 rings (SSSR count). The number of anilines is 1. The van der Waals surface area contributed by atoms with Gasteiger partial charge in [0.1, 0.15) is 18.0 Å². The molecule has 3 aliphatic rings. The molecule has 3 atom stereocenters. The largest absolute Gasteiger partial charge is 0.497 e. The lowest BCUT2D eigenvalue weighted by molar-refractivity contribution is -0.148. The smallest absolute Gasteiger partial charge is 0.308 e. The van der Waals surface area contributed by atoms with Crippen LogP contribution < -0.4 is 19.1 Å². The van der Waals surface area contributed by atoms with Gasteiger partial charge in [0.2, 0.25) is 12.7 Å². The van der Waals surface area contributed by atoms with Crippen molar-refractivity contribution in [3.63, 3.8) is 0 Å². The molecule has 1 fully saturated rings. The van der Waals surface area contributed by atoms with Crippen molar-refractivity contribution < 1.29 is 38.4 Å². The second-order valence-electron chi connectivity index (χ2n) is 11.7. The molecule has 10 heteroatoms. The van der Waals surface area contributed by atoms with Gasteiger partial charge in [-0.15, -0.1) is 0 Å². The number of methoxy groups -OCH3 is 1. The summed E-state index contributed by atoms with van der Waals surface area (Å²) < 4.78 is 23.6. The van der Waals surface area contributed by atoms with Crippen LogP contribution in [0.5, 0.6) is 17.2 Å². The third-order valence-corrected chi connectivity index (χ3v) is 7.48. The van der Waals surface area contributed by atoms with Gasteiger partial charge in [-0.2, -0.15) is 0 Å². The van der Waals surface area contributed by atoms with Crippen LogP contribution in [0.1, 0.15) is 57.3 Å². The van der Waals surface area contributed by atoms with Crippen LogP contribution in [0, 0.1) is 11.3 Å². The molecule has 1 unspecified atom stereocenters. The Morgan fingerprint density at radius 2 is 1.93 bits per heavy atom. The number of carbonyl (C=O) groups excluding carboxylic acids is 2. The fourth-order valence-corrected chi connectivity index (χ4v) is 5.57. The van der Waals surface area contributed by atoms with Crippen LogP contribution in [-0.2, 0) is 19.1 Å². The Kier molecular flexibility index (Phi) is 7.63. The SMILES string of the molecule is COc1ccc2c(c1)[C@H](c1cccc3c1OCO3)O[C@@H](CC(=O)N1CCCC(C(=O)O)C1)C(=O)N2CC(C)(C)C. The molecule has 0 aromatic heterocycles. The summed E-state index contributed by atoms with van der Waals surface area (Å²) in [4.78, 5) is 42.5. The topological polar surface area (TPSA) is 115 Å². The van der Waals surface area contributed by atoms with E-state index in [0.717, 1.165) is 0 Å². The third-order valence-electron chi connectivity index (χ3n) is 7.48. The fourth-order valence-electron chi connectivity index (χ4n) is 5.57. The standard InChI is InChI=1S/C30H36N2O8/c1-30(2,3)16-32-22-11-10-19(37-4)13-21(22)26(20-8-5-9-23-27(20)39-17-38-23)40-24(28(32)34)14-25(33)31-12-6-7-18(15-31)29(35)36/h5,8-11,13,18,24,26H,6-7,12,14-17H2,1-4H3,(H,35,36)/t18?,24-,26-/m0/s1. The summed E-state index contributed by atoms with van der Waals surface area (Å²) in [6.45, 7) is 7.17. The highest BCUT2D eigenvalue weighted by Gasteiger charge is 2.41. The van der Waals surface area contributed by atoms with Crippen LogP contribution in [0.3, 0.4) is 0 Å². The maximum atomic E-state index is 14.2. The lowest BCUT2D eigenvalue weighted by Crippen LogP contribution is -2.47. The van der Waals surface area contributed by atoms with E-state index in [-0.39, 0.29) is 37.0 Å². The van der Waals surface area contributed by atoms with Crippen molar-refractivity contribution in [3.8, 4) is 17.2 Å². The number of likely N-dealkylation sites (tertiary alicyclic amines) is 1. The summed E-state index contributed by atoms with van der Waals surface area (Å²) in [5, 5.41) is 9.51. The molecule has 10 nitrogen and oxygen atoms in total. The Labute approximate surface area is 233 Å². The van der Waals surface area contributed by atoms with Crippen molar-refractivity contribution in [1.82, 2.24) is 4.90 Å². The number of carboxylic acid groups (broad SMARTS) is 1. The lowest BCUT2D eigenvalue weighted by atomic mass is 9.94. The van der Waals surface area contributed by atoms with Gasteiger partial charge in [0.15, 0.2) is 11.5 Å². The molecule has 1 saturated heterocycles. The van der Waals surface area contributed by atoms with Gasteiger partial charge in [0, 0.05) is 30.8 Å². The number of para-hydroxylation sites is 1. The van der Waals surface area contributed by atoms with Gasteiger partial charge in [-0.3, -0.25) is 14.4 Å². The van der Waals surface area contributed by atoms with Crippen LogP contribution >= 0.6 is 0 Å². The number of carboxylic acids is 1. The van der Waals surface area contributed by atoms with E-state index in [9.17, 15) is 19.5 Å². The van der Waals surface area contributed by atoms with E-state index in [1.807, 2.05) is 51.1 Å². The van der Waals surface area contributed by atoms with Crippen LogP contribution in [0.4, 0.5) is 5.69 Å². The second-order valence-corrected chi connectivity index (χ2v) is 11.7. The number of carbonyl (C=O) groups is 3. The zero-order valence-electron chi connectivity index (χ0n) is 23.3. The van der Waals surface area contributed by atoms with Gasteiger partial charge >= 0.3 is 5.97 Å². The van der Waals surface area contributed by atoms with Crippen molar-refractivity contribution in [2.45, 2.75) is 52.2 Å². The van der Waals surface area contributed by atoms with E-state index in [1.165, 1.54) is 0 Å². The Hall–Kier alpha value is -3.79. The van der Waals surface area contributed by atoms with E-state index in [1.54, 1.807) is 23.0 Å². The Morgan fingerprint density at radius 1 is 1.12 bits per heavy atom. The highest BCUT2D eigenvalue weighted by atomic mass is 16.7. The Bertz CT molecular complexity index is 1300. The molecule has 0 saturated carbocycles. The Balaban J connectivity index is 1.57. The fraction of sp³-hybridized carbons (Fsp3) is 0.500. The van der Waals surface area contributed by atoms with Gasteiger partial charge in [0.05, 0.1) is 25.1 Å². The Morgan fingerprint density at radius 3 is 2.65 bits per heavy atom. The number of nitrogens with zero attached hydrogens (tertiary/aromatic N) is 2. The number of hydrogen-bond acceptors (Lipinski definition) is 7. The molecule has 214 valence electrons. The molecule has 0 aliphatic carbocycles. The van der Waals surface area contributed by atoms with E-state index in [2.05, 4.69) is 0 Å². The van der Waals surface area contributed by atoms with Crippen LogP contribution in [0.25, 0.3) is 0 Å². The molecule has 3 aliphatic heterocycles. The molecular weight excluding hydrogens is 516 g/mol. The summed E-state index contributed by atoms with van der Waals surface area (Å²) >= 11 is 0. The zero-order valence-corrected chi connectivity index (χ0v) is 23.3. The quantitative estimate of drug-likeness (QED) is 0.572. The lowest BCUT2D eigenvalue weighted by Gasteiger charge is -2.33. The first-order valence-corrected chi connectivity index (χ1v) is 13.6. The maximum absolute atomic E-state index is 14.2. The number of piperidine rings is 1. The van der Waals surface area contributed by atoms with Gasteiger partial charge in [-0.05, 0) is 42.5 Å². The highest BCUT2D eigenvalue weighted by Crippen LogP contribution is 2.47. The normalized spacial score (nSPS) is 22.5. The van der Waals surface area contributed by atoms with Crippen LogP contribution in [0.15, 0.2) is 36.4 Å². The third kappa shape index (κ3) is 5.58. The first-order chi connectivity index (χ1) is 19.1. The summed E-state index contributed by atoms with van der Waals surface area (Å²) in [5.41, 5.74) is 1.80. The van der Waals surface area contributed by atoms with Gasteiger partial charge in [-0.25, -0.2) is 0 Å². The molecule has 1 N–H and O–H groups in total. The number of amides is 2. The van der Waals surface area contributed by atoms with Crippen molar-refractivity contribution in [2.24, 2.45) is 11.3 Å². The molecule has 3 heterocycles. The molecule has 0 radical (unpaired) electrons. The number of rotatable bonds is 6. The molecule has 2 aromatic carbocycles. The van der Waals surface area contributed by atoms with Crippen LogP contribution in [-0.4, -0.2) is 67.4 Å². The van der Waals surface area contributed by atoms with Gasteiger partial charge in [0.25, 0.3) is 5.91 Å². The number of aliphatic carboxylic acids is 1. The summed E-state index contributed by atoms with van der Waals surface area (Å²) in [5.74, 6) is -0.456. The molecule has 40 heavy (non-hydrogen) atoms.